The lowest BCUT2D eigenvalue weighted by atomic mass is 9.86. The van der Waals surface area contributed by atoms with Crippen LogP contribution in [0.5, 0.6) is 0 Å². The number of imidazole rings is 1. The van der Waals surface area contributed by atoms with Gasteiger partial charge in [0.15, 0.2) is 0 Å². The van der Waals surface area contributed by atoms with Gasteiger partial charge in [0.2, 0.25) is 5.91 Å². The zero-order chi connectivity index (χ0) is 15.5. The molecule has 0 spiro atoms. The number of nitrogens with zero attached hydrogens (tertiary/aromatic N) is 3. The van der Waals surface area contributed by atoms with Gasteiger partial charge in [-0.2, -0.15) is 0 Å². The van der Waals surface area contributed by atoms with E-state index in [1.807, 2.05) is 32.9 Å². The van der Waals surface area contributed by atoms with Crippen molar-refractivity contribution in [2.75, 3.05) is 5.32 Å². The molecule has 6 nitrogen and oxygen atoms in total. The fraction of sp³-hybridized carbons (Fsp3) is 0.250. The van der Waals surface area contributed by atoms with Crippen LogP contribution in [0.3, 0.4) is 0 Å². The van der Waals surface area contributed by atoms with Crippen molar-refractivity contribution in [3.05, 3.63) is 35.9 Å². The van der Waals surface area contributed by atoms with E-state index in [0.29, 0.717) is 0 Å². The summed E-state index contributed by atoms with van der Waals surface area (Å²) >= 11 is 0. The van der Waals surface area contributed by atoms with Gasteiger partial charge in [-0.15, -0.1) is 0 Å². The van der Waals surface area contributed by atoms with Gasteiger partial charge < -0.3 is 10.3 Å². The average Bonchev–Trinajstić information content (AvgIpc) is 2.98. The Morgan fingerprint density at radius 3 is 2.59 bits per heavy atom. The van der Waals surface area contributed by atoms with E-state index in [4.69, 9.17) is 0 Å². The molecule has 1 aromatic carbocycles. The van der Waals surface area contributed by atoms with Gasteiger partial charge in [0.25, 0.3) is 0 Å². The van der Waals surface area contributed by atoms with Crippen LogP contribution in [0.2, 0.25) is 0 Å². The second-order valence-corrected chi connectivity index (χ2v) is 6.10. The van der Waals surface area contributed by atoms with E-state index in [2.05, 4.69) is 25.3 Å². The van der Waals surface area contributed by atoms with Crippen LogP contribution >= 0.6 is 0 Å². The molecule has 0 saturated carbocycles. The van der Waals surface area contributed by atoms with Gasteiger partial charge in [0, 0.05) is 18.1 Å². The zero-order valence-corrected chi connectivity index (χ0v) is 12.6. The molecule has 4 rings (SSSR count). The minimum atomic E-state index is -0.526. The Hall–Kier alpha value is -2.76. The Bertz CT molecular complexity index is 908. The predicted octanol–water partition coefficient (Wildman–Crippen LogP) is 2.56. The number of nitrogens with one attached hydrogen (secondary N) is 2. The average molecular weight is 293 g/mol. The second kappa shape index (κ2) is 4.13. The molecule has 3 heterocycles. The van der Waals surface area contributed by atoms with E-state index >= 15 is 0 Å². The van der Waals surface area contributed by atoms with Crippen LogP contribution in [0.1, 0.15) is 25.2 Å². The van der Waals surface area contributed by atoms with Crippen LogP contribution in [0.4, 0.5) is 5.69 Å². The number of fused-ring (bicyclic) bond motifs is 2. The molecule has 0 radical (unpaired) electrons. The van der Waals surface area contributed by atoms with Crippen molar-refractivity contribution < 1.29 is 4.79 Å². The zero-order valence-electron chi connectivity index (χ0n) is 12.6. The molecule has 1 aliphatic rings. The summed E-state index contributed by atoms with van der Waals surface area (Å²) < 4.78 is 0. The van der Waals surface area contributed by atoms with Crippen molar-refractivity contribution in [2.24, 2.45) is 0 Å². The van der Waals surface area contributed by atoms with Gasteiger partial charge in [-0.1, -0.05) is 0 Å². The normalized spacial score (nSPS) is 15.9. The summed E-state index contributed by atoms with van der Waals surface area (Å²) in [6.07, 6.45) is 3.50. The smallest absolute Gasteiger partial charge is 0.234 e. The van der Waals surface area contributed by atoms with E-state index in [-0.39, 0.29) is 5.91 Å². The van der Waals surface area contributed by atoms with Crippen LogP contribution in [-0.2, 0) is 10.2 Å². The lowest BCUT2D eigenvalue weighted by molar-refractivity contribution is -0.119. The third kappa shape index (κ3) is 1.73. The van der Waals surface area contributed by atoms with E-state index in [1.54, 1.807) is 12.4 Å². The molecule has 0 fully saturated rings. The molecule has 1 amide bonds. The Morgan fingerprint density at radius 2 is 1.86 bits per heavy atom. The number of benzene rings is 1. The van der Waals surface area contributed by atoms with E-state index in [9.17, 15) is 4.79 Å². The number of H-pyrrole nitrogens is 1. The quantitative estimate of drug-likeness (QED) is 0.722. The SMILES string of the molecule is Cc1ncc(-c2nc3cc4c(cc3[nH]2)C(C)(C)C(=O)N4)cn1. The van der Waals surface area contributed by atoms with Gasteiger partial charge in [-0.3, -0.25) is 4.79 Å². The number of amides is 1. The van der Waals surface area contributed by atoms with Crippen LogP contribution in [-0.4, -0.2) is 25.8 Å². The van der Waals surface area contributed by atoms with Crippen LogP contribution in [0.15, 0.2) is 24.5 Å². The minimum absolute atomic E-state index is 0.0160. The van der Waals surface area contributed by atoms with Gasteiger partial charge in [0.05, 0.1) is 22.0 Å². The number of carbonyl (C=O) groups excluding carboxylic acids is 1. The first-order chi connectivity index (χ1) is 10.4. The molecule has 0 atom stereocenters. The number of aromatic amines is 1. The molecule has 0 bridgehead atoms. The number of rotatable bonds is 1. The van der Waals surface area contributed by atoms with Crippen molar-refractivity contribution in [1.82, 2.24) is 19.9 Å². The minimum Gasteiger partial charge on any atom is -0.338 e. The largest absolute Gasteiger partial charge is 0.338 e. The molecule has 2 N–H and O–H groups in total. The maximum atomic E-state index is 12.0. The Kier molecular flexibility index (Phi) is 2.43. The Labute approximate surface area is 127 Å². The summed E-state index contributed by atoms with van der Waals surface area (Å²) in [4.78, 5) is 28.3. The maximum Gasteiger partial charge on any atom is 0.234 e. The number of aryl methyl sites for hydroxylation is 1. The summed E-state index contributed by atoms with van der Waals surface area (Å²) in [7, 11) is 0. The number of hydrogen-bond acceptors (Lipinski definition) is 4. The molecule has 0 aliphatic carbocycles. The molecule has 2 aromatic heterocycles. The van der Waals surface area contributed by atoms with E-state index in [1.165, 1.54) is 0 Å². The fourth-order valence-electron chi connectivity index (χ4n) is 2.73. The van der Waals surface area contributed by atoms with Crippen LogP contribution < -0.4 is 5.32 Å². The van der Waals surface area contributed by atoms with Crippen LogP contribution in [0, 0.1) is 6.92 Å². The molecule has 6 heteroatoms. The van der Waals surface area contributed by atoms with E-state index in [0.717, 1.165) is 39.5 Å². The Morgan fingerprint density at radius 1 is 1.14 bits per heavy atom. The third-order valence-electron chi connectivity index (χ3n) is 4.16. The Balaban J connectivity index is 1.87. The fourth-order valence-corrected chi connectivity index (χ4v) is 2.73. The summed E-state index contributed by atoms with van der Waals surface area (Å²) in [5.74, 6) is 1.47. The highest BCUT2D eigenvalue weighted by molar-refractivity contribution is 6.07. The first-order valence-corrected chi connectivity index (χ1v) is 7.10. The van der Waals surface area contributed by atoms with E-state index < -0.39 is 5.41 Å². The van der Waals surface area contributed by atoms with Gasteiger partial charge in [0.1, 0.15) is 11.6 Å². The molecular formula is C16H15N5O. The summed E-state index contributed by atoms with van der Waals surface area (Å²) in [6, 6.07) is 3.90. The lowest BCUT2D eigenvalue weighted by Gasteiger charge is -2.14. The number of hydrogen-bond donors (Lipinski definition) is 2. The third-order valence-corrected chi connectivity index (χ3v) is 4.16. The highest BCUT2D eigenvalue weighted by Crippen LogP contribution is 2.39. The van der Waals surface area contributed by atoms with Gasteiger partial charge in [-0.05, 0) is 38.5 Å². The number of carbonyl (C=O) groups is 1. The summed E-state index contributed by atoms with van der Waals surface area (Å²) in [5.41, 5.74) is 3.85. The van der Waals surface area contributed by atoms with Crippen LogP contribution in [0.25, 0.3) is 22.4 Å². The monoisotopic (exact) mass is 293 g/mol. The standard InChI is InChI=1S/C16H15N5O/c1-8-17-6-9(7-18-8)14-19-12-4-10-11(5-13(12)20-14)21-15(22)16(10,2)3/h4-7H,1-3H3,(H,19,20)(H,21,22). The lowest BCUT2D eigenvalue weighted by Crippen LogP contribution is -2.26. The topological polar surface area (TPSA) is 83.6 Å². The maximum absolute atomic E-state index is 12.0. The van der Waals surface area contributed by atoms with Crippen molar-refractivity contribution >= 4 is 22.6 Å². The number of anilines is 1. The summed E-state index contributed by atoms with van der Waals surface area (Å²) in [6.45, 7) is 5.69. The first kappa shape index (κ1) is 12.9. The molecule has 3 aromatic rings. The first-order valence-electron chi connectivity index (χ1n) is 7.10. The van der Waals surface area contributed by atoms with Gasteiger partial charge in [-0.25, -0.2) is 15.0 Å². The molecular weight excluding hydrogens is 278 g/mol. The molecule has 0 unspecified atom stereocenters. The molecule has 0 saturated heterocycles. The van der Waals surface area contributed by atoms with Crippen molar-refractivity contribution in [3.8, 4) is 11.4 Å². The van der Waals surface area contributed by atoms with Crippen molar-refractivity contribution in [3.63, 3.8) is 0 Å². The highest BCUT2D eigenvalue weighted by Gasteiger charge is 2.38. The molecule has 110 valence electrons. The molecule has 1 aliphatic heterocycles. The summed E-state index contributed by atoms with van der Waals surface area (Å²) in [5, 5.41) is 2.92. The van der Waals surface area contributed by atoms with Crippen molar-refractivity contribution in [2.45, 2.75) is 26.2 Å². The predicted molar refractivity (Wildman–Crippen MR) is 83.5 cm³/mol. The second-order valence-electron chi connectivity index (χ2n) is 6.10. The van der Waals surface area contributed by atoms with Gasteiger partial charge >= 0.3 is 0 Å². The number of aromatic nitrogens is 4. The van der Waals surface area contributed by atoms with Crippen molar-refractivity contribution in [1.29, 1.82) is 0 Å². The molecule has 22 heavy (non-hydrogen) atoms. The highest BCUT2D eigenvalue weighted by atomic mass is 16.2.